The molecule has 0 saturated heterocycles. The first-order valence-corrected chi connectivity index (χ1v) is 9.86. The van der Waals surface area contributed by atoms with Gasteiger partial charge in [0.1, 0.15) is 5.69 Å². The summed E-state index contributed by atoms with van der Waals surface area (Å²) < 4.78 is 7.31. The van der Waals surface area contributed by atoms with Gasteiger partial charge in [0, 0.05) is 47.7 Å². The van der Waals surface area contributed by atoms with Crippen molar-refractivity contribution in [1.29, 1.82) is 0 Å². The Hall–Kier alpha value is -3.65. The molecule has 0 radical (unpaired) electrons. The van der Waals surface area contributed by atoms with E-state index in [4.69, 9.17) is 4.52 Å². The molecule has 8 heteroatoms. The van der Waals surface area contributed by atoms with Gasteiger partial charge in [0.25, 0.3) is 5.89 Å². The minimum atomic E-state index is 0.418. The summed E-state index contributed by atoms with van der Waals surface area (Å²) in [6, 6.07) is 11.8. The summed E-state index contributed by atoms with van der Waals surface area (Å²) in [5.74, 6) is 0.941. The first kappa shape index (κ1) is 17.4. The lowest BCUT2D eigenvalue weighted by Crippen LogP contribution is -1.88. The zero-order valence-electron chi connectivity index (χ0n) is 15.8. The number of thiazole rings is 1. The maximum atomic E-state index is 5.58. The summed E-state index contributed by atoms with van der Waals surface area (Å²) in [4.78, 5) is 13.4. The molecule has 0 fully saturated rings. The zero-order chi connectivity index (χ0) is 19.8. The molecule has 0 aliphatic rings. The van der Waals surface area contributed by atoms with Crippen molar-refractivity contribution < 1.29 is 4.52 Å². The van der Waals surface area contributed by atoms with Crippen LogP contribution in [0.15, 0.2) is 64.9 Å². The summed E-state index contributed by atoms with van der Waals surface area (Å²) in [7, 11) is 1.86. The van der Waals surface area contributed by atoms with Crippen LogP contribution in [-0.2, 0) is 7.05 Å². The molecule has 0 N–H and O–H groups in total. The van der Waals surface area contributed by atoms with Crippen LogP contribution in [-0.4, -0.2) is 29.9 Å². The van der Waals surface area contributed by atoms with Crippen molar-refractivity contribution in [3.63, 3.8) is 0 Å². The predicted molar refractivity (Wildman–Crippen MR) is 111 cm³/mol. The highest BCUT2D eigenvalue weighted by molar-refractivity contribution is 7.09. The third-order valence-corrected chi connectivity index (χ3v) is 5.23. The van der Waals surface area contributed by atoms with Crippen molar-refractivity contribution in [2.45, 2.75) is 6.92 Å². The van der Waals surface area contributed by atoms with Gasteiger partial charge in [-0.05, 0) is 25.1 Å². The van der Waals surface area contributed by atoms with Gasteiger partial charge in [0.05, 0.1) is 16.3 Å². The van der Waals surface area contributed by atoms with E-state index in [-0.39, 0.29) is 0 Å². The van der Waals surface area contributed by atoms with E-state index in [1.165, 1.54) is 0 Å². The van der Waals surface area contributed by atoms with Crippen LogP contribution >= 0.6 is 11.3 Å². The molecule has 0 saturated carbocycles. The minimum Gasteiger partial charge on any atom is -0.333 e. The SMILES string of the molecule is Cc1nc(-c2cccc(-c3noc(-c4cn(C)nc4-c4cccnc4)n3)c2)cs1. The van der Waals surface area contributed by atoms with Crippen LogP contribution in [0.3, 0.4) is 0 Å². The lowest BCUT2D eigenvalue weighted by molar-refractivity contribution is 0.432. The van der Waals surface area contributed by atoms with Crippen molar-refractivity contribution in [3.05, 3.63) is 65.4 Å². The summed E-state index contributed by atoms with van der Waals surface area (Å²) in [5, 5.41) is 11.8. The molecule has 0 unspecified atom stereocenters. The van der Waals surface area contributed by atoms with Crippen LogP contribution in [0, 0.1) is 6.92 Å². The Morgan fingerprint density at radius 1 is 1.03 bits per heavy atom. The van der Waals surface area contributed by atoms with E-state index in [1.807, 2.05) is 61.9 Å². The summed E-state index contributed by atoms with van der Waals surface area (Å²) in [6.07, 6.45) is 5.37. The number of nitrogens with zero attached hydrogens (tertiary/aromatic N) is 6. The van der Waals surface area contributed by atoms with E-state index in [0.29, 0.717) is 11.7 Å². The molecule has 4 heterocycles. The third-order valence-electron chi connectivity index (χ3n) is 4.46. The molecule has 29 heavy (non-hydrogen) atoms. The smallest absolute Gasteiger partial charge is 0.262 e. The van der Waals surface area contributed by atoms with Gasteiger partial charge in [-0.25, -0.2) is 4.98 Å². The number of rotatable bonds is 4. The fourth-order valence-corrected chi connectivity index (χ4v) is 3.75. The van der Waals surface area contributed by atoms with Gasteiger partial charge >= 0.3 is 0 Å². The van der Waals surface area contributed by atoms with Gasteiger partial charge in [-0.3, -0.25) is 9.67 Å². The van der Waals surface area contributed by atoms with Gasteiger partial charge in [0.2, 0.25) is 5.82 Å². The van der Waals surface area contributed by atoms with Crippen LogP contribution in [0.2, 0.25) is 0 Å². The van der Waals surface area contributed by atoms with Crippen LogP contribution in [0.1, 0.15) is 5.01 Å². The molecular formula is C21H16N6OS. The van der Waals surface area contributed by atoms with Crippen molar-refractivity contribution >= 4 is 11.3 Å². The number of pyridine rings is 1. The molecule has 1 aromatic carbocycles. The lowest BCUT2D eigenvalue weighted by Gasteiger charge is -1.99. The maximum Gasteiger partial charge on any atom is 0.262 e. The van der Waals surface area contributed by atoms with Gasteiger partial charge in [0.15, 0.2) is 0 Å². The Kier molecular flexibility index (Phi) is 4.25. The number of hydrogen-bond donors (Lipinski definition) is 0. The molecule has 5 aromatic rings. The molecule has 0 spiro atoms. The highest BCUT2D eigenvalue weighted by atomic mass is 32.1. The van der Waals surface area contributed by atoms with Crippen LogP contribution in [0.4, 0.5) is 0 Å². The summed E-state index contributed by atoms with van der Waals surface area (Å²) in [6.45, 7) is 2.00. The molecule has 0 aliphatic heterocycles. The van der Waals surface area contributed by atoms with E-state index in [9.17, 15) is 0 Å². The second kappa shape index (κ2) is 7.06. The van der Waals surface area contributed by atoms with Crippen molar-refractivity contribution in [3.8, 4) is 45.4 Å². The van der Waals surface area contributed by atoms with E-state index < -0.39 is 0 Å². The number of aryl methyl sites for hydroxylation is 2. The maximum absolute atomic E-state index is 5.58. The number of hydrogen-bond acceptors (Lipinski definition) is 7. The molecule has 0 atom stereocenters. The standard InChI is InChI=1S/C21H16N6OS/c1-13-23-18(12-29-13)14-5-3-6-15(9-14)20-24-21(28-26-20)17-11-27(2)25-19(17)16-7-4-8-22-10-16/h3-12H,1-2H3. The summed E-state index contributed by atoms with van der Waals surface area (Å²) >= 11 is 1.63. The lowest BCUT2D eigenvalue weighted by atomic mass is 10.1. The van der Waals surface area contributed by atoms with Crippen LogP contribution in [0.5, 0.6) is 0 Å². The van der Waals surface area contributed by atoms with E-state index >= 15 is 0 Å². The highest BCUT2D eigenvalue weighted by Gasteiger charge is 2.19. The average molecular weight is 400 g/mol. The Labute approximate surface area is 170 Å². The Morgan fingerprint density at radius 2 is 1.90 bits per heavy atom. The second-order valence-corrected chi connectivity index (χ2v) is 7.62. The molecular weight excluding hydrogens is 384 g/mol. The zero-order valence-corrected chi connectivity index (χ0v) is 16.6. The van der Waals surface area contributed by atoms with Gasteiger partial charge < -0.3 is 4.52 Å². The molecule has 7 nitrogen and oxygen atoms in total. The van der Waals surface area contributed by atoms with E-state index in [2.05, 4.69) is 25.2 Å². The Bertz CT molecular complexity index is 1290. The topological polar surface area (TPSA) is 82.5 Å². The van der Waals surface area contributed by atoms with Gasteiger partial charge in [-0.2, -0.15) is 10.1 Å². The highest BCUT2D eigenvalue weighted by Crippen LogP contribution is 2.31. The minimum absolute atomic E-state index is 0.418. The average Bonchev–Trinajstić information content (AvgIpc) is 3.48. The molecule has 142 valence electrons. The Morgan fingerprint density at radius 3 is 2.69 bits per heavy atom. The first-order valence-electron chi connectivity index (χ1n) is 8.98. The third kappa shape index (κ3) is 3.34. The number of aromatic nitrogens is 6. The van der Waals surface area contributed by atoms with Gasteiger partial charge in [-0.1, -0.05) is 23.4 Å². The van der Waals surface area contributed by atoms with Gasteiger partial charge in [-0.15, -0.1) is 11.3 Å². The van der Waals surface area contributed by atoms with Crippen molar-refractivity contribution in [2.75, 3.05) is 0 Å². The molecule has 0 bridgehead atoms. The largest absolute Gasteiger partial charge is 0.333 e. The number of benzene rings is 1. The van der Waals surface area contributed by atoms with Crippen molar-refractivity contribution in [2.24, 2.45) is 7.05 Å². The monoisotopic (exact) mass is 400 g/mol. The normalized spacial score (nSPS) is 11.1. The molecule has 4 aromatic heterocycles. The fraction of sp³-hybridized carbons (Fsp3) is 0.0952. The predicted octanol–water partition coefficient (Wildman–Crippen LogP) is 4.63. The van der Waals surface area contributed by atoms with Crippen molar-refractivity contribution in [1.82, 2.24) is 29.9 Å². The van der Waals surface area contributed by atoms with E-state index in [1.54, 1.807) is 28.4 Å². The van der Waals surface area contributed by atoms with Crippen LogP contribution in [0.25, 0.3) is 45.4 Å². The van der Waals surface area contributed by atoms with Crippen LogP contribution < -0.4 is 0 Å². The quantitative estimate of drug-likeness (QED) is 0.437. The summed E-state index contributed by atoms with van der Waals surface area (Å²) in [5.41, 5.74) is 5.26. The first-order chi connectivity index (χ1) is 14.2. The van der Waals surface area contributed by atoms with E-state index in [0.717, 1.165) is 38.6 Å². The fourth-order valence-electron chi connectivity index (χ4n) is 3.12. The molecule has 5 rings (SSSR count). The second-order valence-electron chi connectivity index (χ2n) is 6.56. The molecule has 0 amide bonds. The Balaban J connectivity index is 1.53. The molecule has 0 aliphatic carbocycles.